The van der Waals surface area contributed by atoms with Crippen LogP contribution in [0.3, 0.4) is 0 Å². The van der Waals surface area contributed by atoms with E-state index in [1.165, 1.54) is 37.9 Å². The van der Waals surface area contributed by atoms with Crippen LogP contribution in [0.25, 0.3) is 0 Å². The van der Waals surface area contributed by atoms with Gasteiger partial charge >= 0.3 is 0 Å². The minimum Gasteiger partial charge on any atom is -0.367 e. The molecule has 21 heavy (non-hydrogen) atoms. The van der Waals surface area contributed by atoms with E-state index in [-0.39, 0.29) is 0 Å². The Morgan fingerprint density at radius 2 is 2.14 bits per heavy atom. The number of anilines is 1. The minimum atomic E-state index is 0.473. The Labute approximate surface area is 130 Å². The third kappa shape index (κ3) is 4.44. The summed E-state index contributed by atoms with van der Waals surface area (Å²) in [5.74, 6) is 1.81. The Morgan fingerprint density at radius 1 is 1.33 bits per heavy atom. The van der Waals surface area contributed by atoms with Crippen molar-refractivity contribution in [1.82, 2.24) is 9.88 Å². The molecular formula is C18H31N3. The van der Waals surface area contributed by atoms with Gasteiger partial charge in [0.25, 0.3) is 0 Å². The van der Waals surface area contributed by atoms with Gasteiger partial charge in [-0.25, -0.2) is 4.98 Å². The lowest BCUT2D eigenvalue weighted by Crippen LogP contribution is -2.36. The van der Waals surface area contributed by atoms with Gasteiger partial charge in [0.1, 0.15) is 5.82 Å². The zero-order valence-corrected chi connectivity index (χ0v) is 14.1. The highest BCUT2D eigenvalue weighted by Crippen LogP contribution is 2.34. The molecule has 3 heteroatoms. The van der Waals surface area contributed by atoms with Gasteiger partial charge in [-0.1, -0.05) is 33.3 Å². The lowest BCUT2D eigenvalue weighted by molar-refractivity contribution is 0.132. The molecule has 1 aromatic heterocycles. The number of rotatable bonds is 6. The van der Waals surface area contributed by atoms with Crippen molar-refractivity contribution in [2.75, 3.05) is 18.4 Å². The number of aromatic nitrogens is 1. The molecule has 118 valence electrons. The van der Waals surface area contributed by atoms with Gasteiger partial charge in [0.2, 0.25) is 0 Å². The predicted molar refractivity (Wildman–Crippen MR) is 90.6 cm³/mol. The number of nitrogens with zero attached hydrogens (tertiary/aromatic N) is 2. The first-order chi connectivity index (χ1) is 10.1. The van der Waals surface area contributed by atoms with E-state index < -0.39 is 0 Å². The lowest BCUT2D eigenvalue weighted by atomic mass is 9.94. The Bertz CT molecular complexity index is 430. The number of piperidine rings is 1. The average molecular weight is 289 g/mol. The van der Waals surface area contributed by atoms with E-state index in [4.69, 9.17) is 0 Å². The van der Waals surface area contributed by atoms with Gasteiger partial charge < -0.3 is 5.32 Å². The summed E-state index contributed by atoms with van der Waals surface area (Å²) in [4.78, 5) is 7.28. The molecule has 0 unspecified atom stereocenters. The summed E-state index contributed by atoms with van der Waals surface area (Å²) in [5, 5.41) is 3.59. The van der Waals surface area contributed by atoms with E-state index in [9.17, 15) is 0 Å². The first kappa shape index (κ1) is 16.3. The molecule has 0 bridgehead atoms. The second-order valence-corrected chi connectivity index (χ2v) is 6.80. The van der Waals surface area contributed by atoms with Crippen molar-refractivity contribution in [3.8, 4) is 0 Å². The van der Waals surface area contributed by atoms with Gasteiger partial charge in [0.05, 0.1) is 0 Å². The van der Waals surface area contributed by atoms with E-state index in [2.05, 4.69) is 55.0 Å². The highest BCUT2D eigenvalue weighted by atomic mass is 15.2. The second-order valence-electron chi connectivity index (χ2n) is 6.80. The Morgan fingerprint density at radius 3 is 2.86 bits per heavy atom. The van der Waals surface area contributed by atoms with E-state index in [0.717, 1.165) is 12.2 Å². The van der Waals surface area contributed by atoms with Crippen molar-refractivity contribution in [2.24, 2.45) is 5.92 Å². The van der Waals surface area contributed by atoms with E-state index >= 15 is 0 Å². The number of nitrogens with one attached hydrogen (secondary N) is 1. The number of pyridine rings is 1. The molecular weight excluding hydrogens is 258 g/mol. The average Bonchev–Trinajstić information content (AvgIpc) is 2.48. The van der Waals surface area contributed by atoms with Crippen molar-refractivity contribution in [2.45, 2.75) is 65.5 Å². The second kappa shape index (κ2) is 7.79. The summed E-state index contributed by atoms with van der Waals surface area (Å²) in [6.45, 7) is 11.5. The number of hydrogen-bond donors (Lipinski definition) is 1. The fraction of sp³-hybridized carbons (Fsp3) is 0.722. The van der Waals surface area contributed by atoms with E-state index in [0.29, 0.717) is 18.0 Å². The van der Waals surface area contributed by atoms with Crippen LogP contribution in [0.5, 0.6) is 0 Å². The topological polar surface area (TPSA) is 28.2 Å². The molecule has 2 rings (SSSR count). The van der Waals surface area contributed by atoms with Gasteiger partial charge in [-0.05, 0) is 44.7 Å². The highest BCUT2D eigenvalue weighted by Gasteiger charge is 2.26. The molecule has 1 fully saturated rings. The van der Waals surface area contributed by atoms with Crippen molar-refractivity contribution in [3.63, 3.8) is 0 Å². The van der Waals surface area contributed by atoms with Gasteiger partial charge in [-0.2, -0.15) is 0 Å². The highest BCUT2D eigenvalue weighted by molar-refractivity contribution is 5.46. The lowest BCUT2D eigenvalue weighted by Gasteiger charge is -2.37. The van der Waals surface area contributed by atoms with Crippen LogP contribution in [0.1, 0.15) is 65.0 Å². The predicted octanol–water partition coefficient (Wildman–Crippen LogP) is 4.48. The van der Waals surface area contributed by atoms with E-state index in [1.807, 2.05) is 6.20 Å². The Hall–Kier alpha value is -1.09. The van der Waals surface area contributed by atoms with E-state index in [1.54, 1.807) is 0 Å². The fourth-order valence-corrected chi connectivity index (χ4v) is 3.17. The molecule has 1 aliphatic rings. The van der Waals surface area contributed by atoms with Gasteiger partial charge in [0, 0.05) is 30.4 Å². The first-order valence-corrected chi connectivity index (χ1v) is 8.57. The van der Waals surface area contributed by atoms with Crippen LogP contribution in [0.4, 0.5) is 5.82 Å². The summed E-state index contributed by atoms with van der Waals surface area (Å²) in [7, 11) is 0. The van der Waals surface area contributed by atoms with Crippen LogP contribution in [-0.2, 0) is 0 Å². The first-order valence-electron chi connectivity index (χ1n) is 8.57. The molecule has 1 N–H and O–H groups in total. The van der Waals surface area contributed by atoms with Gasteiger partial charge in [0.15, 0.2) is 0 Å². The van der Waals surface area contributed by atoms with Crippen LogP contribution in [0.2, 0.25) is 0 Å². The SMILES string of the molecule is CC[C@H](C)Nc1ncccc1[C@@H]1CCCCN1CC(C)C. The molecule has 0 saturated carbocycles. The molecule has 0 spiro atoms. The van der Waals surface area contributed by atoms with Gasteiger partial charge in [-0.15, -0.1) is 0 Å². The minimum absolute atomic E-state index is 0.473. The fourth-order valence-electron chi connectivity index (χ4n) is 3.17. The monoisotopic (exact) mass is 289 g/mol. The van der Waals surface area contributed by atoms with Crippen LogP contribution >= 0.6 is 0 Å². The van der Waals surface area contributed by atoms with Crippen LogP contribution < -0.4 is 5.32 Å². The maximum absolute atomic E-state index is 4.62. The zero-order valence-electron chi connectivity index (χ0n) is 14.1. The molecule has 2 atom stereocenters. The molecule has 0 aromatic carbocycles. The maximum atomic E-state index is 4.62. The van der Waals surface area contributed by atoms with Crippen LogP contribution in [-0.4, -0.2) is 29.0 Å². The Balaban J connectivity index is 2.21. The normalized spacial score (nSPS) is 21.5. The van der Waals surface area contributed by atoms with Crippen molar-refractivity contribution < 1.29 is 0 Å². The third-order valence-corrected chi connectivity index (χ3v) is 4.41. The standard InChI is InChI=1S/C18H31N3/c1-5-15(4)20-18-16(9-8-11-19-18)17-10-6-7-12-21(17)13-14(2)3/h8-9,11,14-15,17H,5-7,10,12-13H2,1-4H3,(H,19,20)/t15-,17-/m0/s1. The molecule has 0 radical (unpaired) electrons. The number of likely N-dealkylation sites (tertiary alicyclic amines) is 1. The zero-order chi connectivity index (χ0) is 15.2. The molecule has 1 aromatic rings. The molecule has 1 saturated heterocycles. The smallest absolute Gasteiger partial charge is 0.130 e. The third-order valence-electron chi connectivity index (χ3n) is 4.41. The summed E-state index contributed by atoms with van der Waals surface area (Å²) in [6.07, 6.45) is 6.95. The summed E-state index contributed by atoms with van der Waals surface area (Å²) in [5.41, 5.74) is 1.39. The molecule has 0 amide bonds. The maximum Gasteiger partial charge on any atom is 0.130 e. The van der Waals surface area contributed by atoms with Crippen molar-refractivity contribution >= 4 is 5.82 Å². The quantitative estimate of drug-likeness (QED) is 0.837. The molecule has 1 aliphatic heterocycles. The van der Waals surface area contributed by atoms with Crippen molar-refractivity contribution in [1.29, 1.82) is 0 Å². The van der Waals surface area contributed by atoms with Crippen LogP contribution in [0, 0.1) is 5.92 Å². The number of hydrogen-bond acceptors (Lipinski definition) is 3. The van der Waals surface area contributed by atoms with Crippen molar-refractivity contribution in [3.05, 3.63) is 23.9 Å². The van der Waals surface area contributed by atoms with Gasteiger partial charge in [-0.3, -0.25) is 4.90 Å². The summed E-state index contributed by atoms with van der Waals surface area (Å²) < 4.78 is 0. The largest absolute Gasteiger partial charge is 0.367 e. The molecule has 3 nitrogen and oxygen atoms in total. The van der Waals surface area contributed by atoms with Crippen LogP contribution in [0.15, 0.2) is 18.3 Å². The Kier molecular flexibility index (Phi) is 6.04. The summed E-state index contributed by atoms with van der Waals surface area (Å²) >= 11 is 0. The molecule has 2 heterocycles. The molecule has 0 aliphatic carbocycles. The summed E-state index contributed by atoms with van der Waals surface area (Å²) in [6, 6.07) is 5.35.